The van der Waals surface area contributed by atoms with Crippen molar-refractivity contribution in [2.24, 2.45) is 11.8 Å². The van der Waals surface area contributed by atoms with Crippen molar-refractivity contribution in [3.63, 3.8) is 0 Å². The van der Waals surface area contributed by atoms with Gasteiger partial charge < -0.3 is 9.80 Å². The third-order valence-electron chi connectivity index (χ3n) is 6.30. The van der Waals surface area contributed by atoms with Gasteiger partial charge >= 0.3 is 0 Å². The lowest BCUT2D eigenvalue weighted by atomic mass is 9.93. The molecule has 0 aromatic carbocycles. The fraction of sp³-hybridized carbons (Fsp3) is 0.750. The molecule has 4 rings (SSSR count). The molecule has 1 aromatic heterocycles. The fourth-order valence-electron chi connectivity index (χ4n) is 4.42. The van der Waals surface area contributed by atoms with E-state index < -0.39 is 0 Å². The number of hydrogen-bond donors (Lipinski definition) is 0. The van der Waals surface area contributed by atoms with E-state index in [-0.39, 0.29) is 11.5 Å². The molecule has 1 amide bonds. The largest absolute Gasteiger partial charge is 0.345 e. The van der Waals surface area contributed by atoms with Crippen molar-refractivity contribution >= 4 is 5.91 Å². The van der Waals surface area contributed by atoms with E-state index in [9.17, 15) is 9.59 Å². The maximum Gasteiger partial charge on any atom is 0.253 e. The van der Waals surface area contributed by atoms with Gasteiger partial charge in [0, 0.05) is 45.1 Å². The van der Waals surface area contributed by atoms with E-state index in [1.165, 1.54) is 12.8 Å². The Kier molecular flexibility index (Phi) is 5.11. The quantitative estimate of drug-likeness (QED) is 0.804. The molecule has 3 fully saturated rings. The second-order valence-corrected chi connectivity index (χ2v) is 8.50. The van der Waals surface area contributed by atoms with Crippen LogP contribution in [0.25, 0.3) is 0 Å². The van der Waals surface area contributed by atoms with Gasteiger partial charge in [0.1, 0.15) is 0 Å². The summed E-state index contributed by atoms with van der Waals surface area (Å²) >= 11 is 0. The van der Waals surface area contributed by atoms with Crippen LogP contribution >= 0.6 is 0 Å². The van der Waals surface area contributed by atoms with Crippen LogP contribution in [-0.4, -0.2) is 58.5 Å². The molecular weight excluding hydrogens is 328 g/mol. The second-order valence-electron chi connectivity index (χ2n) is 8.50. The second kappa shape index (κ2) is 7.51. The summed E-state index contributed by atoms with van der Waals surface area (Å²) in [6.07, 6.45) is 8.12. The summed E-state index contributed by atoms with van der Waals surface area (Å²) in [6, 6.07) is 1.74. The van der Waals surface area contributed by atoms with Gasteiger partial charge in [-0.1, -0.05) is 0 Å². The maximum atomic E-state index is 12.3. The molecule has 1 atom stereocenters. The number of nitrogens with zero attached hydrogens (tertiary/aromatic N) is 4. The van der Waals surface area contributed by atoms with E-state index in [1.54, 1.807) is 17.0 Å². The highest BCUT2D eigenvalue weighted by atomic mass is 16.2. The van der Waals surface area contributed by atoms with Crippen molar-refractivity contribution in [2.75, 3.05) is 33.2 Å². The van der Waals surface area contributed by atoms with Crippen LogP contribution in [0.1, 0.15) is 50.1 Å². The number of rotatable bonds is 5. The van der Waals surface area contributed by atoms with E-state index >= 15 is 0 Å². The molecule has 6 nitrogen and oxygen atoms in total. The van der Waals surface area contributed by atoms with Crippen LogP contribution in [0.15, 0.2) is 17.2 Å². The number of likely N-dealkylation sites (tertiary alicyclic amines) is 2. The molecule has 1 unspecified atom stereocenters. The summed E-state index contributed by atoms with van der Waals surface area (Å²) in [6.45, 7) is 4.99. The van der Waals surface area contributed by atoms with Crippen LogP contribution in [-0.2, 0) is 11.3 Å². The molecule has 6 heteroatoms. The maximum absolute atomic E-state index is 12.3. The first-order valence-corrected chi connectivity index (χ1v) is 10.1. The van der Waals surface area contributed by atoms with Gasteiger partial charge in [-0.05, 0) is 57.0 Å². The number of piperidine rings is 2. The Labute approximate surface area is 155 Å². The Morgan fingerprint density at radius 1 is 1.04 bits per heavy atom. The summed E-state index contributed by atoms with van der Waals surface area (Å²) in [7, 11) is 1.92. The summed E-state index contributed by atoms with van der Waals surface area (Å²) in [4.78, 5) is 32.8. The van der Waals surface area contributed by atoms with Crippen molar-refractivity contribution in [3.8, 4) is 0 Å². The van der Waals surface area contributed by atoms with Gasteiger partial charge in [-0.25, -0.2) is 4.98 Å². The smallest absolute Gasteiger partial charge is 0.253 e. The summed E-state index contributed by atoms with van der Waals surface area (Å²) in [5, 5.41) is 0. The minimum Gasteiger partial charge on any atom is -0.345 e. The van der Waals surface area contributed by atoms with E-state index in [1.807, 2.05) is 11.9 Å². The van der Waals surface area contributed by atoms with E-state index in [4.69, 9.17) is 0 Å². The lowest BCUT2D eigenvalue weighted by Crippen LogP contribution is -2.44. The molecule has 3 aliphatic rings. The number of carbonyl (C=O) groups excluding carboxylic acids is 1. The lowest BCUT2D eigenvalue weighted by Gasteiger charge is -2.37. The molecule has 142 valence electrons. The van der Waals surface area contributed by atoms with Crippen LogP contribution < -0.4 is 5.56 Å². The molecule has 0 radical (unpaired) electrons. The van der Waals surface area contributed by atoms with Crippen molar-refractivity contribution in [1.82, 2.24) is 19.4 Å². The first kappa shape index (κ1) is 17.7. The Morgan fingerprint density at radius 3 is 2.46 bits per heavy atom. The average molecular weight is 358 g/mol. The minimum absolute atomic E-state index is 0.110. The third kappa shape index (κ3) is 4.17. The molecule has 3 heterocycles. The van der Waals surface area contributed by atoms with Crippen molar-refractivity contribution < 1.29 is 4.79 Å². The van der Waals surface area contributed by atoms with Crippen LogP contribution in [0, 0.1) is 11.8 Å². The summed E-state index contributed by atoms with van der Waals surface area (Å²) in [5.74, 6) is 1.99. The zero-order valence-electron chi connectivity index (χ0n) is 15.8. The fourth-order valence-corrected chi connectivity index (χ4v) is 4.42. The standard InChI is InChI=1S/C20H30N4O2/c1-22-11-16(2-5-19(22)25)12-23-8-6-15(7-9-23)13-24-14-21-18(10-20(24)26)17-3-4-17/h10,14-17H,2-9,11-13H2,1H3. The van der Waals surface area contributed by atoms with E-state index in [0.717, 1.165) is 57.7 Å². The van der Waals surface area contributed by atoms with Crippen molar-refractivity contribution in [1.29, 1.82) is 0 Å². The monoisotopic (exact) mass is 358 g/mol. The van der Waals surface area contributed by atoms with Gasteiger partial charge in [0.25, 0.3) is 5.56 Å². The van der Waals surface area contributed by atoms with Gasteiger partial charge in [-0.3, -0.25) is 14.2 Å². The molecule has 0 N–H and O–H groups in total. The SMILES string of the molecule is CN1CC(CN2CCC(Cn3cnc(C4CC4)cc3=O)CC2)CCC1=O. The van der Waals surface area contributed by atoms with Crippen LogP contribution in [0.5, 0.6) is 0 Å². The molecular formula is C20H30N4O2. The number of aromatic nitrogens is 2. The molecule has 1 aliphatic carbocycles. The van der Waals surface area contributed by atoms with Gasteiger partial charge in [-0.15, -0.1) is 0 Å². The minimum atomic E-state index is 0.110. The Balaban J connectivity index is 1.25. The normalized spacial score (nSPS) is 25.7. The molecule has 0 spiro atoms. The molecule has 26 heavy (non-hydrogen) atoms. The highest BCUT2D eigenvalue weighted by Gasteiger charge is 2.28. The molecule has 1 aromatic rings. The molecule has 0 bridgehead atoms. The Morgan fingerprint density at radius 2 is 1.81 bits per heavy atom. The predicted octanol–water partition coefficient (Wildman–Crippen LogP) is 1.70. The van der Waals surface area contributed by atoms with Crippen LogP contribution in [0.2, 0.25) is 0 Å². The number of hydrogen-bond acceptors (Lipinski definition) is 4. The molecule has 1 saturated carbocycles. The van der Waals surface area contributed by atoms with E-state index in [2.05, 4.69) is 9.88 Å². The van der Waals surface area contributed by atoms with Gasteiger partial charge in [0.2, 0.25) is 5.91 Å². The van der Waals surface area contributed by atoms with E-state index in [0.29, 0.717) is 24.2 Å². The number of carbonyl (C=O) groups is 1. The first-order valence-electron chi connectivity index (χ1n) is 10.1. The highest BCUT2D eigenvalue weighted by molar-refractivity contribution is 5.76. The Hall–Kier alpha value is -1.69. The van der Waals surface area contributed by atoms with Gasteiger partial charge in [0.15, 0.2) is 0 Å². The third-order valence-corrected chi connectivity index (χ3v) is 6.30. The molecule has 2 saturated heterocycles. The summed E-state index contributed by atoms with van der Waals surface area (Å²) in [5.41, 5.74) is 1.09. The first-order chi connectivity index (χ1) is 12.6. The lowest BCUT2D eigenvalue weighted by molar-refractivity contribution is -0.133. The predicted molar refractivity (Wildman–Crippen MR) is 100.0 cm³/mol. The molecule has 2 aliphatic heterocycles. The van der Waals surface area contributed by atoms with Crippen LogP contribution in [0.4, 0.5) is 0 Å². The highest BCUT2D eigenvalue weighted by Crippen LogP contribution is 2.38. The number of amides is 1. The van der Waals surface area contributed by atoms with Gasteiger partial charge in [-0.2, -0.15) is 0 Å². The van der Waals surface area contributed by atoms with Gasteiger partial charge in [0.05, 0.1) is 12.0 Å². The zero-order valence-corrected chi connectivity index (χ0v) is 15.8. The van der Waals surface area contributed by atoms with Crippen LogP contribution in [0.3, 0.4) is 0 Å². The van der Waals surface area contributed by atoms with Crippen molar-refractivity contribution in [3.05, 3.63) is 28.4 Å². The zero-order chi connectivity index (χ0) is 18.1. The topological polar surface area (TPSA) is 58.4 Å². The summed E-state index contributed by atoms with van der Waals surface area (Å²) < 4.78 is 1.80. The van der Waals surface area contributed by atoms with Crippen molar-refractivity contribution in [2.45, 2.75) is 51.0 Å². The average Bonchev–Trinajstić information content (AvgIpc) is 3.47. The Bertz CT molecular complexity index is 704.